The topological polar surface area (TPSA) is 74.7 Å². The van der Waals surface area contributed by atoms with Gasteiger partial charge in [-0.3, -0.25) is 4.79 Å². The Kier molecular flexibility index (Phi) is 5.39. The maximum atomic E-state index is 12.2. The fourth-order valence-electron chi connectivity index (χ4n) is 1.92. The first-order valence-corrected chi connectivity index (χ1v) is 6.89. The quantitative estimate of drug-likeness (QED) is 0.831. The molecule has 0 spiro atoms. The van der Waals surface area contributed by atoms with Gasteiger partial charge in [-0.2, -0.15) is 0 Å². The second-order valence-corrected chi connectivity index (χ2v) is 6.00. The minimum atomic E-state index is -3.97. The van der Waals surface area contributed by atoms with Crippen molar-refractivity contribution in [1.82, 2.24) is 4.31 Å². The summed E-state index contributed by atoms with van der Waals surface area (Å²) in [6.07, 6.45) is 0. The fourth-order valence-corrected chi connectivity index (χ4v) is 3.74. The van der Waals surface area contributed by atoms with Crippen molar-refractivity contribution in [1.29, 1.82) is 0 Å². The molecule has 1 amide bonds. The summed E-state index contributed by atoms with van der Waals surface area (Å²) in [5.41, 5.74) is 0.312. The number of hydrogen-bond acceptors (Lipinski definition) is 4. The second-order valence-electron chi connectivity index (χ2n) is 4.24. The molecule has 1 aliphatic rings. The SMILES string of the molecule is CC(C)N1C(=O)C(O)=C(c2ccccc2)S1(=O)=O.[K]. The van der Waals surface area contributed by atoms with E-state index in [0.29, 0.717) is 9.87 Å². The van der Waals surface area contributed by atoms with Crippen LogP contribution in [-0.2, 0) is 14.8 Å². The van der Waals surface area contributed by atoms with Gasteiger partial charge < -0.3 is 5.11 Å². The smallest absolute Gasteiger partial charge is 0.304 e. The van der Waals surface area contributed by atoms with Crippen LogP contribution >= 0.6 is 0 Å². The summed E-state index contributed by atoms with van der Waals surface area (Å²) in [7, 11) is -3.97. The van der Waals surface area contributed by atoms with E-state index in [9.17, 15) is 18.3 Å². The first-order valence-electron chi connectivity index (χ1n) is 5.44. The molecule has 0 aliphatic carbocycles. The fraction of sp³-hybridized carbons (Fsp3) is 0.250. The maximum Gasteiger partial charge on any atom is 0.304 e. The third-order valence-electron chi connectivity index (χ3n) is 2.64. The molecule has 0 bridgehead atoms. The van der Waals surface area contributed by atoms with Gasteiger partial charge >= 0.3 is 5.91 Å². The molecule has 0 aromatic heterocycles. The number of carbonyl (C=O) groups excluding carboxylic acids is 1. The molecule has 5 nitrogen and oxygen atoms in total. The molecule has 0 fully saturated rings. The van der Waals surface area contributed by atoms with Crippen molar-refractivity contribution in [3.8, 4) is 0 Å². The Morgan fingerprint density at radius 3 is 2.11 bits per heavy atom. The molecule has 1 aliphatic heterocycles. The number of carbonyl (C=O) groups is 1. The largest absolute Gasteiger partial charge is 0.502 e. The Hall–Kier alpha value is -0.184. The first kappa shape index (κ1) is 16.9. The van der Waals surface area contributed by atoms with Gasteiger partial charge in [0.15, 0.2) is 0 Å². The van der Waals surface area contributed by atoms with Crippen molar-refractivity contribution in [2.45, 2.75) is 19.9 Å². The molecule has 1 heterocycles. The molecule has 0 saturated carbocycles. The molecular weight excluding hydrogens is 293 g/mol. The standard InChI is InChI=1S/C12H13NO4S.K/c1-8(2)13-12(15)10(14)11(18(13,16)17)9-6-4-3-5-7-9;/h3-8,14H,1-2H3;. The molecule has 0 unspecified atom stereocenters. The third kappa shape index (κ3) is 2.81. The van der Waals surface area contributed by atoms with E-state index in [4.69, 9.17) is 0 Å². The van der Waals surface area contributed by atoms with Crippen molar-refractivity contribution >= 4 is 72.2 Å². The average molecular weight is 306 g/mol. The summed E-state index contributed by atoms with van der Waals surface area (Å²) in [6, 6.07) is 7.57. The summed E-state index contributed by atoms with van der Waals surface area (Å²) >= 11 is 0. The van der Waals surface area contributed by atoms with Gasteiger partial charge in [-0.15, -0.1) is 0 Å². The van der Waals surface area contributed by atoms with Gasteiger partial charge in [-0.1, -0.05) is 30.3 Å². The predicted molar refractivity (Wildman–Crippen MR) is 72.6 cm³/mol. The van der Waals surface area contributed by atoms with Crippen molar-refractivity contribution in [2.75, 3.05) is 0 Å². The van der Waals surface area contributed by atoms with Gasteiger partial charge in [0.05, 0.1) is 0 Å². The predicted octanol–water partition coefficient (Wildman–Crippen LogP) is 1.11. The molecule has 1 aromatic carbocycles. The zero-order chi connectivity index (χ0) is 13.5. The Morgan fingerprint density at radius 2 is 1.68 bits per heavy atom. The molecule has 1 radical (unpaired) electrons. The molecule has 2 rings (SSSR count). The summed E-state index contributed by atoms with van der Waals surface area (Å²) in [5, 5.41) is 9.78. The summed E-state index contributed by atoms with van der Waals surface area (Å²) in [5.74, 6) is -1.58. The van der Waals surface area contributed by atoms with E-state index >= 15 is 0 Å². The maximum absolute atomic E-state index is 12.2. The number of aliphatic hydroxyl groups is 1. The van der Waals surface area contributed by atoms with Crippen LogP contribution in [0.5, 0.6) is 0 Å². The molecule has 1 N–H and O–H groups in total. The molecular formula is C12H13KNO4S. The average Bonchev–Trinajstić information content (AvgIpc) is 2.46. The minimum Gasteiger partial charge on any atom is -0.502 e. The first-order chi connectivity index (χ1) is 8.37. The van der Waals surface area contributed by atoms with E-state index in [1.54, 1.807) is 44.2 Å². The van der Waals surface area contributed by atoms with Crippen LogP contribution < -0.4 is 0 Å². The van der Waals surface area contributed by atoms with Crippen LogP contribution in [0, 0.1) is 0 Å². The van der Waals surface area contributed by atoms with E-state index in [0.717, 1.165) is 0 Å². The van der Waals surface area contributed by atoms with E-state index in [1.807, 2.05) is 0 Å². The minimum absolute atomic E-state index is 0. The van der Waals surface area contributed by atoms with Gasteiger partial charge in [-0.05, 0) is 19.4 Å². The van der Waals surface area contributed by atoms with Crippen molar-refractivity contribution in [3.63, 3.8) is 0 Å². The number of nitrogens with zero attached hydrogens (tertiary/aromatic N) is 1. The Balaban J connectivity index is 0.00000180. The van der Waals surface area contributed by atoms with Crippen LogP contribution in [0.2, 0.25) is 0 Å². The Morgan fingerprint density at radius 1 is 1.16 bits per heavy atom. The molecule has 97 valence electrons. The van der Waals surface area contributed by atoms with Gasteiger partial charge in [-0.25, -0.2) is 12.7 Å². The summed E-state index contributed by atoms with van der Waals surface area (Å²) in [4.78, 5) is 11.5. The monoisotopic (exact) mass is 306 g/mol. The van der Waals surface area contributed by atoms with Crippen LogP contribution in [0.15, 0.2) is 36.1 Å². The second kappa shape index (κ2) is 6.07. The van der Waals surface area contributed by atoms with E-state index < -0.39 is 27.7 Å². The Bertz CT molecular complexity index is 622. The molecule has 19 heavy (non-hydrogen) atoms. The number of sulfonamides is 1. The zero-order valence-electron chi connectivity index (χ0n) is 11.0. The summed E-state index contributed by atoms with van der Waals surface area (Å²) in [6.45, 7) is 3.16. The number of benzene rings is 1. The van der Waals surface area contributed by atoms with E-state index in [2.05, 4.69) is 0 Å². The van der Waals surface area contributed by atoms with Crippen LogP contribution in [0.3, 0.4) is 0 Å². The summed E-state index contributed by atoms with van der Waals surface area (Å²) < 4.78 is 25.2. The van der Waals surface area contributed by atoms with Gasteiger partial charge in [0.2, 0.25) is 5.76 Å². The van der Waals surface area contributed by atoms with Crippen LogP contribution in [0.25, 0.3) is 4.91 Å². The van der Waals surface area contributed by atoms with E-state index in [-0.39, 0.29) is 56.3 Å². The normalized spacial score (nSPS) is 17.8. The third-order valence-corrected chi connectivity index (χ3v) is 4.69. The molecule has 0 atom stereocenters. The van der Waals surface area contributed by atoms with Crippen molar-refractivity contribution in [2.24, 2.45) is 0 Å². The molecule has 0 saturated heterocycles. The van der Waals surface area contributed by atoms with E-state index in [1.165, 1.54) is 0 Å². The molecule has 7 heteroatoms. The van der Waals surface area contributed by atoms with Crippen LogP contribution in [0.1, 0.15) is 19.4 Å². The Labute approximate surface area is 154 Å². The van der Waals surface area contributed by atoms with Crippen molar-refractivity contribution < 1.29 is 18.3 Å². The van der Waals surface area contributed by atoms with Crippen LogP contribution in [0.4, 0.5) is 0 Å². The van der Waals surface area contributed by atoms with Gasteiger partial charge in [0.25, 0.3) is 10.0 Å². The van der Waals surface area contributed by atoms with Gasteiger partial charge in [0, 0.05) is 57.4 Å². The zero-order valence-corrected chi connectivity index (χ0v) is 14.9. The number of rotatable bonds is 2. The number of aliphatic hydroxyl groups excluding tert-OH is 1. The number of amides is 1. The van der Waals surface area contributed by atoms with Crippen molar-refractivity contribution in [3.05, 3.63) is 41.7 Å². The van der Waals surface area contributed by atoms with Crippen LogP contribution in [-0.4, -0.2) is 81.2 Å². The number of hydrogen-bond donors (Lipinski definition) is 1. The van der Waals surface area contributed by atoms with Gasteiger partial charge in [0.1, 0.15) is 4.91 Å². The molecule has 1 aromatic rings.